The van der Waals surface area contributed by atoms with Crippen molar-refractivity contribution in [2.45, 2.75) is 55.4 Å². The second kappa shape index (κ2) is 6.40. The molecule has 1 N–H and O–H groups in total. The van der Waals surface area contributed by atoms with Crippen LogP contribution < -0.4 is 10.1 Å². The molecule has 2 fully saturated rings. The summed E-state index contributed by atoms with van der Waals surface area (Å²) in [5.41, 5.74) is 1.39. The molecule has 1 aromatic carbocycles. The lowest BCUT2D eigenvalue weighted by Gasteiger charge is -2.39. The molecule has 110 valence electrons. The molecule has 2 aliphatic rings. The molecule has 2 aliphatic carbocycles. The Bertz CT molecular complexity index is 444. The predicted molar refractivity (Wildman–Crippen MR) is 86.8 cm³/mol. The number of rotatable bonds is 5. The van der Waals surface area contributed by atoms with E-state index in [2.05, 4.69) is 35.8 Å². The monoisotopic (exact) mass is 291 g/mol. The topological polar surface area (TPSA) is 21.3 Å². The minimum absolute atomic E-state index is 0.679. The Morgan fingerprint density at radius 3 is 2.75 bits per heavy atom. The highest BCUT2D eigenvalue weighted by atomic mass is 32.2. The van der Waals surface area contributed by atoms with Crippen molar-refractivity contribution < 1.29 is 4.74 Å². The van der Waals surface area contributed by atoms with Gasteiger partial charge in [-0.15, -0.1) is 0 Å². The van der Waals surface area contributed by atoms with Gasteiger partial charge in [-0.2, -0.15) is 11.8 Å². The molecule has 0 heterocycles. The van der Waals surface area contributed by atoms with Gasteiger partial charge in [0.25, 0.3) is 0 Å². The standard InChI is InChI=1S/C17H25NOS/c1-19-16-8-4-3-6-14(16)12-10-13(11-12)18-15-7-5-9-17(15)20-2/h3-4,6,8,12-13,15,17-18H,5,7,9-11H2,1-2H3. The van der Waals surface area contributed by atoms with Gasteiger partial charge in [-0.25, -0.2) is 0 Å². The molecule has 0 radical (unpaired) electrons. The SMILES string of the molecule is COc1ccccc1C1CC(NC2CCCC2SC)C1. The third-order valence-electron chi connectivity index (χ3n) is 4.92. The number of hydrogen-bond acceptors (Lipinski definition) is 3. The van der Waals surface area contributed by atoms with Crippen molar-refractivity contribution in [3.63, 3.8) is 0 Å². The van der Waals surface area contributed by atoms with Gasteiger partial charge >= 0.3 is 0 Å². The third kappa shape index (κ3) is 2.84. The van der Waals surface area contributed by atoms with Crippen molar-refractivity contribution in [3.05, 3.63) is 29.8 Å². The minimum atomic E-state index is 0.679. The Morgan fingerprint density at radius 1 is 1.20 bits per heavy atom. The van der Waals surface area contributed by atoms with Crippen LogP contribution in [0.15, 0.2) is 24.3 Å². The van der Waals surface area contributed by atoms with E-state index in [1.54, 1.807) is 7.11 Å². The van der Waals surface area contributed by atoms with Crippen LogP contribution >= 0.6 is 11.8 Å². The molecule has 0 amide bonds. The number of methoxy groups -OCH3 is 1. The van der Waals surface area contributed by atoms with Crippen molar-refractivity contribution in [2.24, 2.45) is 0 Å². The summed E-state index contributed by atoms with van der Waals surface area (Å²) in [5.74, 6) is 1.73. The van der Waals surface area contributed by atoms with Crippen LogP contribution in [0.2, 0.25) is 0 Å². The quantitative estimate of drug-likeness (QED) is 0.891. The minimum Gasteiger partial charge on any atom is -0.496 e. The normalized spacial score (nSPS) is 32.9. The first-order valence-corrected chi connectivity index (χ1v) is 9.02. The maximum absolute atomic E-state index is 5.48. The molecule has 0 saturated heterocycles. The summed E-state index contributed by atoms with van der Waals surface area (Å²) in [4.78, 5) is 0. The highest BCUT2D eigenvalue weighted by molar-refractivity contribution is 7.99. The highest BCUT2D eigenvalue weighted by Gasteiger charge is 2.36. The van der Waals surface area contributed by atoms with Crippen molar-refractivity contribution >= 4 is 11.8 Å². The fourth-order valence-corrected chi connectivity index (χ4v) is 4.66. The third-order valence-corrected chi connectivity index (χ3v) is 6.09. The highest BCUT2D eigenvalue weighted by Crippen LogP contribution is 2.42. The van der Waals surface area contributed by atoms with E-state index in [4.69, 9.17) is 4.74 Å². The molecule has 3 heteroatoms. The zero-order valence-corrected chi connectivity index (χ0v) is 13.3. The molecule has 1 aromatic rings. The number of benzene rings is 1. The summed E-state index contributed by atoms with van der Waals surface area (Å²) in [6.07, 6.45) is 8.92. The van der Waals surface area contributed by atoms with Crippen LogP contribution in [-0.4, -0.2) is 30.7 Å². The molecule has 2 saturated carbocycles. The molecule has 2 nitrogen and oxygen atoms in total. The van der Waals surface area contributed by atoms with E-state index in [0.29, 0.717) is 12.0 Å². The molecule has 0 aromatic heterocycles. The van der Waals surface area contributed by atoms with Gasteiger partial charge in [0, 0.05) is 17.3 Å². The second-order valence-electron chi connectivity index (χ2n) is 6.09. The Balaban J connectivity index is 1.53. The predicted octanol–water partition coefficient (Wildman–Crippen LogP) is 3.81. The molecule has 0 bridgehead atoms. The summed E-state index contributed by atoms with van der Waals surface area (Å²) in [5, 5.41) is 4.73. The first kappa shape index (κ1) is 14.3. The average molecular weight is 291 g/mol. The van der Waals surface area contributed by atoms with Crippen molar-refractivity contribution in [1.82, 2.24) is 5.32 Å². The molecule has 20 heavy (non-hydrogen) atoms. The van der Waals surface area contributed by atoms with Crippen LogP contribution in [0.4, 0.5) is 0 Å². The molecule has 2 atom stereocenters. The van der Waals surface area contributed by atoms with E-state index in [1.807, 2.05) is 11.8 Å². The van der Waals surface area contributed by atoms with Crippen LogP contribution in [-0.2, 0) is 0 Å². The Hall–Kier alpha value is -0.670. The van der Waals surface area contributed by atoms with Gasteiger partial charge in [0.15, 0.2) is 0 Å². The van der Waals surface area contributed by atoms with E-state index >= 15 is 0 Å². The lowest BCUT2D eigenvalue weighted by molar-refractivity contribution is 0.261. The fraction of sp³-hybridized carbons (Fsp3) is 0.647. The number of para-hydroxylation sites is 1. The first-order valence-electron chi connectivity index (χ1n) is 7.73. The van der Waals surface area contributed by atoms with Crippen LogP contribution in [0.3, 0.4) is 0 Å². The van der Waals surface area contributed by atoms with E-state index in [9.17, 15) is 0 Å². The molecule has 3 rings (SSSR count). The molecular formula is C17H25NOS. The lowest BCUT2D eigenvalue weighted by atomic mass is 9.75. The van der Waals surface area contributed by atoms with Gasteiger partial charge in [-0.3, -0.25) is 0 Å². The largest absolute Gasteiger partial charge is 0.496 e. The van der Waals surface area contributed by atoms with Crippen molar-refractivity contribution in [3.8, 4) is 5.75 Å². The molecule has 0 spiro atoms. The number of ether oxygens (including phenoxy) is 1. The van der Waals surface area contributed by atoms with Crippen molar-refractivity contribution in [1.29, 1.82) is 0 Å². The van der Waals surface area contributed by atoms with Gasteiger partial charge in [-0.1, -0.05) is 24.6 Å². The van der Waals surface area contributed by atoms with Crippen LogP contribution in [0, 0.1) is 0 Å². The molecule has 2 unspecified atom stereocenters. The average Bonchev–Trinajstić information content (AvgIpc) is 2.89. The van der Waals surface area contributed by atoms with E-state index in [0.717, 1.165) is 17.0 Å². The van der Waals surface area contributed by atoms with E-state index in [-0.39, 0.29) is 0 Å². The van der Waals surface area contributed by atoms with Gasteiger partial charge in [-0.05, 0) is 49.5 Å². The zero-order chi connectivity index (χ0) is 13.9. The van der Waals surface area contributed by atoms with Gasteiger partial charge in [0.2, 0.25) is 0 Å². The van der Waals surface area contributed by atoms with Crippen LogP contribution in [0.1, 0.15) is 43.6 Å². The molecule has 0 aliphatic heterocycles. The number of thioether (sulfide) groups is 1. The van der Waals surface area contributed by atoms with E-state index < -0.39 is 0 Å². The van der Waals surface area contributed by atoms with Gasteiger partial charge in [0.05, 0.1) is 7.11 Å². The maximum Gasteiger partial charge on any atom is 0.122 e. The zero-order valence-electron chi connectivity index (χ0n) is 12.5. The van der Waals surface area contributed by atoms with Gasteiger partial charge < -0.3 is 10.1 Å². The summed E-state index contributed by atoms with van der Waals surface area (Å²) >= 11 is 2.04. The number of hydrogen-bond donors (Lipinski definition) is 1. The Labute approximate surface area is 126 Å². The van der Waals surface area contributed by atoms with E-state index in [1.165, 1.54) is 37.7 Å². The van der Waals surface area contributed by atoms with Gasteiger partial charge in [0.1, 0.15) is 5.75 Å². The Kier molecular flexibility index (Phi) is 4.57. The summed E-state index contributed by atoms with van der Waals surface area (Å²) in [6, 6.07) is 9.94. The smallest absolute Gasteiger partial charge is 0.122 e. The summed E-state index contributed by atoms with van der Waals surface area (Å²) in [7, 11) is 1.77. The second-order valence-corrected chi connectivity index (χ2v) is 7.16. The summed E-state index contributed by atoms with van der Waals surface area (Å²) in [6.45, 7) is 0. The van der Waals surface area contributed by atoms with Crippen LogP contribution in [0.25, 0.3) is 0 Å². The lowest BCUT2D eigenvalue weighted by Crippen LogP contribution is -2.47. The Morgan fingerprint density at radius 2 is 2.00 bits per heavy atom. The van der Waals surface area contributed by atoms with Crippen molar-refractivity contribution in [2.75, 3.05) is 13.4 Å². The number of nitrogens with one attached hydrogen (secondary N) is 1. The maximum atomic E-state index is 5.48. The van der Waals surface area contributed by atoms with Crippen LogP contribution in [0.5, 0.6) is 5.75 Å². The fourth-order valence-electron chi connectivity index (χ4n) is 3.71. The molecular weight excluding hydrogens is 266 g/mol. The summed E-state index contributed by atoms with van der Waals surface area (Å²) < 4.78 is 5.48. The first-order chi connectivity index (χ1) is 9.81.